The van der Waals surface area contributed by atoms with Gasteiger partial charge in [-0.2, -0.15) is 0 Å². The Bertz CT molecular complexity index is 368. The average Bonchev–Trinajstić information content (AvgIpc) is 2.18. The molecule has 4 N–H and O–H groups in total. The van der Waals surface area contributed by atoms with E-state index in [1.807, 2.05) is 6.92 Å². The van der Waals surface area contributed by atoms with E-state index in [0.29, 0.717) is 17.9 Å². The number of nitrogen functional groups attached to an aromatic ring is 1. The molecule has 4 nitrogen and oxygen atoms in total. The second-order valence-corrected chi connectivity index (χ2v) is 3.18. The first-order valence-electron chi connectivity index (χ1n) is 4.63. The normalized spacial score (nSPS) is 10.0. The summed E-state index contributed by atoms with van der Waals surface area (Å²) in [6.45, 7) is 2.41. The summed E-state index contributed by atoms with van der Waals surface area (Å²) in [5, 5.41) is 0. The number of benzene rings is 1. The maximum Gasteiger partial charge on any atom is 0.236 e. The molecule has 0 unspecified atom stereocenters. The van der Waals surface area contributed by atoms with Gasteiger partial charge >= 0.3 is 0 Å². The Labute approximate surface area is 87.7 Å². The summed E-state index contributed by atoms with van der Waals surface area (Å²) in [6.07, 6.45) is 0. The molecule has 0 heterocycles. The molecule has 0 saturated carbocycles. The molecule has 0 spiro atoms. The van der Waals surface area contributed by atoms with Crippen LogP contribution in [0.2, 0.25) is 0 Å². The van der Waals surface area contributed by atoms with Crippen molar-refractivity contribution in [1.29, 1.82) is 0 Å². The number of primary amides is 1. The predicted molar refractivity (Wildman–Crippen MR) is 57.9 cm³/mol. The van der Waals surface area contributed by atoms with Gasteiger partial charge in [-0.25, -0.2) is 4.39 Å². The van der Waals surface area contributed by atoms with Crippen LogP contribution in [-0.4, -0.2) is 19.0 Å². The van der Waals surface area contributed by atoms with Gasteiger partial charge in [-0.05, 0) is 25.1 Å². The number of halogens is 1. The van der Waals surface area contributed by atoms with Gasteiger partial charge in [0.2, 0.25) is 5.91 Å². The number of carbonyl (C=O) groups is 1. The van der Waals surface area contributed by atoms with E-state index in [1.165, 1.54) is 18.2 Å². The molecule has 0 bridgehead atoms. The van der Waals surface area contributed by atoms with Gasteiger partial charge in [0, 0.05) is 6.54 Å². The molecule has 1 rings (SSSR count). The number of rotatable bonds is 4. The van der Waals surface area contributed by atoms with Crippen LogP contribution in [0.4, 0.5) is 15.8 Å². The van der Waals surface area contributed by atoms with E-state index in [4.69, 9.17) is 11.5 Å². The minimum Gasteiger partial charge on any atom is -0.397 e. The number of carbonyl (C=O) groups excluding carboxylic acids is 1. The molecule has 0 fully saturated rings. The minimum absolute atomic E-state index is 0.0319. The fourth-order valence-electron chi connectivity index (χ4n) is 1.35. The van der Waals surface area contributed by atoms with Crippen molar-refractivity contribution in [2.75, 3.05) is 23.7 Å². The maximum atomic E-state index is 13.0. The molecule has 0 aromatic heterocycles. The van der Waals surface area contributed by atoms with Crippen molar-refractivity contribution in [3.63, 3.8) is 0 Å². The van der Waals surface area contributed by atoms with Crippen molar-refractivity contribution >= 4 is 17.3 Å². The molecule has 0 aliphatic rings. The van der Waals surface area contributed by atoms with E-state index in [2.05, 4.69) is 0 Å². The van der Waals surface area contributed by atoms with Gasteiger partial charge in [0.15, 0.2) is 0 Å². The van der Waals surface area contributed by atoms with Crippen molar-refractivity contribution in [1.82, 2.24) is 0 Å². The van der Waals surface area contributed by atoms with Crippen molar-refractivity contribution in [2.45, 2.75) is 6.92 Å². The Morgan fingerprint density at radius 3 is 2.73 bits per heavy atom. The highest BCUT2D eigenvalue weighted by molar-refractivity contribution is 5.81. The van der Waals surface area contributed by atoms with Crippen LogP contribution in [0.5, 0.6) is 0 Å². The van der Waals surface area contributed by atoms with E-state index in [1.54, 1.807) is 4.90 Å². The topological polar surface area (TPSA) is 72.3 Å². The molecule has 0 saturated heterocycles. The van der Waals surface area contributed by atoms with E-state index in [0.717, 1.165) is 0 Å². The summed E-state index contributed by atoms with van der Waals surface area (Å²) < 4.78 is 13.0. The van der Waals surface area contributed by atoms with Gasteiger partial charge in [0.05, 0.1) is 17.9 Å². The van der Waals surface area contributed by atoms with Crippen LogP contribution < -0.4 is 16.4 Å². The lowest BCUT2D eigenvalue weighted by molar-refractivity contribution is -0.116. The van der Waals surface area contributed by atoms with Crippen LogP contribution in [0.25, 0.3) is 0 Å². The van der Waals surface area contributed by atoms with Crippen LogP contribution >= 0.6 is 0 Å². The Morgan fingerprint density at radius 2 is 2.20 bits per heavy atom. The molecule has 0 atom stereocenters. The van der Waals surface area contributed by atoms with Crippen LogP contribution in [0.15, 0.2) is 18.2 Å². The van der Waals surface area contributed by atoms with Gasteiger partial charge in [-0.15, -0.1) is 0 Å². The molecular formula is C10H14FN3O. The molecule has 0 aliphatic carbocycles. The molecule has 1 aromatic rings. The lowest BCUT2D eigenvalue weighted by Crippen LogP contribution is -2.34. The Balaban J connectivity index is 3.00. The second kappa shape index (κ2) is 4.63. The summed E-state index contributed by atoms with van der Waals surface area (Å²) in [5.74, 6) is -0.859. The van der Waals surface area contributed by atoms with Gasteiger partial charge in [-0.3, -0.25) is 4.79 Å². The van der Waals surface area contributed by atoms with Gasteiger partial charge in [-0.1, -0.05) is 0 Å². The smallest absolute Gasteiger partial charge is 0.236 e. The molecule has 15 heavy (non-hydrogen) atoms. The fraction of sp³-hybridized carbons (Fsp3) is 0.300. The second-order valence-electron chi connectivity index (χ2n) is 3.18. The highest BCUT2D eigenvalue weighted by atomic mass is 19.1. The largest absolute Gasteiger partial charge is 0.397 e. The highest BCUT2D eigenvalue weighted by Crippen LogP contribution is 2.23. The lowest BCUT2D eigenvalue weighted by Gasteiger charge is -2.22. The summed E-state index contributed by atoms with van der Waals surface area (Å²) in [4.78, 5) is 12.4. The number of hydrogen-bond donors (Lipinski definition) is 2. The van der Waals surface area contributed by atoms with Crippen LogP contribution in [0, 0.1) is 5.82 Å². The predicted octanol–water partition coefficient (Wildman–Crippen LogP) is 0.720. The zero-order valence-corrected chi connectivity index (χ0v) is 8.53. The molecule has 0 radical (unpaired) electrons. The Hall–Kier alpha value is -1.78. The molecule has 1 amide bonds. The number of amides is 1. The van der Waals surface area contributed by atoms with E-state index < -0.39 is 5.91 Å². The summed E-state index contributed by atoms with van der Waals surface area (Å²) in [5.41, 5.74) is 11.7. The van der Waals surface area contributed by atoms with Crippen molar-refractivity contribution in [2.24, 2.45) is 5.73 Å². The standard InChI is InChI=1S/C10H14FN3O/c1-2-14(6-10(13)15)9-5-7(11)3-4-8(9)12/h3-5H,2,6,12H2,1H3,(H2,13,15). The number of nitrogens with two attached hydrogens (primary N) is 2. The molecular weight excluding hydrogens is 197 g/mol. The SMILES string of the molecule is CCN(CC(N)=O)c1cc(F)ccc1N. The number of hydrogen-bond acceptors (Lipinski definition) is 3. The number of likely N-dealkylation sites (N-methyl/N-ethyl adjacent to an activating group) is 1. The van der Waals surface area contributed by atoms with Crippen molar-refractivity contribution < 1.29 is 9.18 Å². The molecule has 82 valence electrons. The third kappa shape index (κ3) is 2.83. The first kappa shape index (κ1) is 11.3. The maximum absolute atomic E-state index is 13.0. The third-order valence-electron chi connectivity index (χ3n) is 2.06. The zero-order valence-electron chi connectivity index (χ0n) is 8.53. The van der Waals surface area contributed by atoms with Crippen LogP contribution in [0.1, 0.15) is 6.92 Å². The minimum atomic E-state index is -0.472. The molecule has 5 heteroatoms. The Kier molecular flexibility index (Phi) is 3.49. The number of anilines is 2. The highest BCUT2D eigenvalue weighted by Gasteiger charge is 2.11. The van der Waals surface area contributed by atoms with Crippen molar-refractivity contribution in [3.05, 3.63) is 24.0 Å². The summed E-state index contributed by atoms with van der Waals surface area (Å²) in [7, 11) is 0. The van der Waals surface area contributed by atoms with E-state index in [9.17, 15) is 9.18 Å². The monoisotopic (exact) mass is 211 g/mol. The Morgan fingerprint density at radius 1 is 1.53 bits per heavy atom. The zero-order chi connectivity index (χ0) is 11.4. The lowest BCUT2D eigenvalue weighted by atomic mass is 10.2. The van der Waals surface area contributed by atoms with E-state index >= 15 is 0 Å². The fourth-order valence-corrected chi connectivity index (χ4v) is 1.35. The van der Waals surface area contributed by atoms with Gasteiger partial charge in [0.25, 0.3) is 0 Å². The molecule has 1 aromatic carbocycles. The summed E-state index contributed by atoms with van der Waals surface area (Å²) >= 11 is 0. The van der Waals surface area contributed by atoms with Gasteiger partial charge < -0.3 is 16.4 Å². The van der Waals surface area contributed by atoms with Crippen LogP contribution in [0.3, 0.4) is 0 Å². The average molecular weight is 211 g/mol. The van der Waals surface area contributed by atoms with Crippen LogP contribution in [-0.2, 0) is 4.79 Å². The third-order valence-corrected chi connectivity index (χ3v) is 2.06. The van der Waals surface area contributed by atoms with Gasteiger partial charge in [0.1, 0.15) is 5.82 Å². The first-order valence-corrected chi connectivity index (χ1v) is 4.63. The van der Waals surface area contributed by atoms with E-state index in [-0.39, 0.29) is 12.4 Å². The molecule has 0 aliphatic heterocycles. The summed E-state index contributed by atoms with van der Waals surface area (Å²) in [6, 6.07) is 4.03. The number of nitrogens with zero attached hydrogens (tertiary/aromatic N) is 1. The quantitative estimate of drug-likeness (QED) is 0.721. The first-order chi connectivity index (χ1) is 7.04. The van der Waals surface area contributed by atoms with Crippen molar-refractivity contribution in [3.8, 4) is 0 Å².